The molecule has 1 aromatic rings. The van der Waals surface area contributed by atoms with E-state index in [-0.39, 0.29) is 0 Å². The van der Waals surface area contributed by atoms with E-state index in [0.717, 1.165) is 12.2 Å². The molecule has 1 heterocycles. The quantitative estimate of drug-likeness (QED) is 0.794. The Balaban J connectivity index is 2.98. The molecule has 14 heavy (non-hydrogen) atoms. The lowest BCUT2D eigenvalue weighted by Crippen LogP contribution is -2.12. The molecule has 0 unspecified atom stereocenters. The molecular weight excluding hydrogens is 176 g/mol. The predicted octanol–water partition coefficient (Wildman–Crippen LogP) is 1.52. The maximum absolute atomic E-state index is 5.62. The highest BCUT2D eigenvalue weighted by Crippen LogP contribution is 2.18. The van der Waals surface area contributed by atoms with Crippen molar-refractivity contribution in [3.8, 4) is 0 Å². The summed E-state index contributed by atoms with van der Waals surface area (Å²) in [5.74, 6) is 1.02. The van der Waals surface area contributed by atoms with Gasteiger partial charge in [-0.25, -0.2) is 4.68 Å². The lowest BCUT2D eigenvalue weighted by molar-refractivity contribution is 0.452. The van der Waals surface area contributed by atoms with Crippen molar-refractivity contribution in [2.24, 2.45) is 11.7 Å². The molecule has 1 aromatic heterocycles. The zero-order valence-electron chi connectivity index (χ0n) is 9.49. The van der Waals surface area contributed by atoms with E-state index in [9.17, 15) is 0 Å². The fourth-order valence-electron chi connectivity index (χ4n) is 1.61. The van der Waals surface area contributed by atoms with Crippen molar-refractivity contribution in [1.29, 1.82) is 0 Å². The molecule has 0 saturated heterocycles. The van der Waals surface area contributed by atoms with Gasteiger partial charge < -0.3 is 5.73 Å². The van der Waals surface area contributed by atoms with E-state index < -0.39 is 0 Å². The zero-order chi connectivity index (χ0) is 10.7. The Labute approximate surface area is 85.5 Å². The van der Waals surface area contributed by atoms with E-state index >= 15 is 0 Å². The van der Waals surface area contributed by atoms with Gasteiger partial charge in [0.25, 0.3) is 0 Å². The minimum absolute atomic E-state index is 0.433. The van der Waals surface area contributed by atoms with Gasteiger partial charge in [0, 0.05) is 13.1 Å². The minimum atomic E-state index is 0.433. The molecule has 0 atom stereocenters. The monoisotopic (exact) mass is 196 g/mol. The molecule has 0 fully saturated rings. The molecule has 0 bridgehead atoms. The Bertz CT molecular complexity index is 288. The molecule has 1 rings (SSSR count). The van der Waals surface area contributed by atoms with Crippen molar-refractivity contribution in [1.82, 2.24) is 15.0 Å². The van der Waals surface area contributed by atoms with Crippen LogP contribution in [0.1, 0.15) is 45.0 Å². The van der Waals surface area contributed by atoms with E-state index in [1.165, 1.54) is 5.69 Å². The van der Waals surface area contributed by atoms with Gasteiger partial charge in [-0.1, -0.05) is 32.9 Å². The van der Waals surface area contributed by atoms with Gasteiger partial charge in [0.15, 0.2) is 0 Å². The van der Waals surface area contributed by atoms with Crippen molar-refractivity contribution < 1.29 is 0 Å². The largest absolute Gasteiger partial charge is 0.325 e. The molecule has 0 radical (unpaired) electrons. The second-order valence-corrected chi connectivity index (χ2v) is 4.36. The summed E-state index contributed by atoms with van der Waals surface area (Å²) in [6, 6.07) is 0. The predicted molar refractivity (Wildman–Crippen MR) is 56.8 cm³/mol. The number of nitrogens with two attached hydrogens (primary N) is 1. The third-order valence-corrected chi connectivity index (χ3v) is 2.13. The van der Waals surface area contributed by atoms with Gasteiger partial charge in [-0.2, -0.15) is 0 Å². The number of aromatic nitrogens is 3. The first kappa shape index (κ1) is 11.2. The lowest BCUT2D eigenvalue weighted by atomic mass is 10.1. The Morgan fingerprint density at radius 3 is 2.36 bits per heavy atom. The highest BCUT2D eigenvalue weighted by Gasteiger charge is 2.15. The molecule has 0 aliphatic rings. The summed E-state index contributed by atoms with van der Waals surface area (Å²) in [5, 5.41) is 8.23. The summed E-state index contributed by atoms with van der Waals surface area (Å²) < 4.78 is 1.98. The molecule has 0 aliphatic carbocycles. The number of nitrogens with zero attached hydrogens (tertiary/aromatic N) is 3. The van der Waals surface area contributed by atoms with E-state index in [4.69, 9.17) is 5.73 Å². The van der Waals surface area contributed by atoms with Gasteiger partial charge in [0.2, 0.25) is 0 Å². The van der Waals surface area contributed by atoms with Crippen LogP contribution in [-0.4, -0.2) is 15.0 Å². The SMILES string of the molecule is CC(C)Cn1nnc(CN)c1C(C)C. The van der Waals surface area contributed by atoms with Gasteiger partial charge in [-0.15, -0.1) is 5.10 Å². The maximum Gasteiger partial charge on any atom is 0.0997 e. The Hall–Kier alpha value is -0.900. The van der Waals surface area contributed by atoms with Gasteiger partial charge in [-0.3, -0.25) is 0 Å². The molecule has 4 heteroatoms. The van der Waals surface area contributed by atoms with Gasteiger partial charge >= 0.3 is 0 Å². The summed E-state index contributed by atoms with van der Waals surface area (Å²) in [6.07, 6.45) is 0. The summed E-state index contributed by atoms with van der Waals surface area (Å²) >= 11 is 0. The molecule has 0 amide bonds. The standard InChI is InChI=1S/C10H20N4/c1-7(2)6-14-10(8(3)4)9(5-11)12-13-14/h7-8H,5-6,11H2,1-4H3. The number of rotatable bonds is 4. The van der Waals surface area contributed by atoms with Crippen LogP contribution in [0.3, 0.4) is 0 Å². The van der Waals surface area contributed by atoms with Crippen LogP contribution >= 0.6 is 0 Å². The van der Waals surface area contributed by atoms with Crippen LogP contribution < -0.4 is 5.73 Å². The second kappa shape index (κ2) is 4.55. The normalized spacial score (nSPS) is 11.6. The van der Waals surface area contributed by atoms with Crippen molar-refractivity contribution in [2.45, 2.75) is 46.7 Å². The Kier molecular flexibility index (Phi) is 3.63. The molecule has 2 N–H and O–H groups in total. The van der Waals surface area contributed by atoms with Crippen LogP contribution in [0.2, 0.25) is 0 Å². The van der Waals surface area contributed by atoms with Crippen molar-refractivity contribution in [3.05, 3.63) is 11.4 Å². The summed E-state index contributed by atoms with van der Waals surface area (Å²) in [5.41, 5.74) is 7.73. The molecule has 0 spiro atoms. The van der Waals surface area contributed by atoms with E-state index in [0.29, 0.717) is 18.4 Å². The highest BCUT2D eigenvalue weighted by atomic mass is 15.4. The summed E-state index contributed by atoms with van der Waals surface area (Å²) in [7, 11) is 0. The smallest absolute Gasteiger partial charge is 0.0997 e. The first-order valence-electron chi connectivity index (χ1n) is 5.18. The molecule has 0 saturated carbocycles. The van der Waals surface area contributed by atoms with Crippen LogP contribution in [0.25, 0.3) is 0 Å². The average Bonchev–Trinajstić information content (AvgIpc) is 2.46. The lowest BCUT2D eigenvalue weighted by Gasteiger charge is -2.12. The molecule has 0 aromatic carbocycles. The van der Waals surface area contributed by atoms with Crippen LogP contribution in [-0.2, 0) is 13.1 Å². The second-order valence-electron chi connectivity index (χ2n) is 4.36. The van der Waals surface area contributed by atoms with Crippen LogP contribution in [0, 0.1) is 5.92 Å². The fraction of sp³-hybridized carbons (Fsp3) is 0.800. The molecular formula is C10H20N4. The molecule has 4 nitrogen and oxygen atoms in total. The van der Waals surface area contributed by atoms with Gasteiger partial charge in [0.05, 0.1) is 11.4 Å². The van der Waals surface area contributed by atoms with E-state index in [1.807, 2.05) is 4.68 Å². The first-order chi connectivity index (χ1) is 6.56. The van der Waals surface area contributed by atoms with Crippen molar-refractivity contribution in [3.63, 3.8) is 0 Å². The van der Waals surface area contributed by atoms with Crippen molar-refractivity contribution in [2.75, 3.05) is 0 Å². The maximum atomic E-state index is 5.62. The average molecular weight is 196 g/mol. The van der Waals surface area contributed by atoms with E-state index in [1.54, 1.807) is 0 Å². The number of hydrogen-bond donors (Lipinski definition) is 1. The van der Waals surface area contributed by atoms with Crippen LogP contribution in [0.5, 0.6) is 0 Å². The minimum Gasteiger partial charge on any atom is -0.325 e. The van der Waals surface area contributed by atoms with E-state index in [2.05, 4.69) is 38.0 Å². The van der Waals surface area contributed by atoms with Crippen molar-refractivity contribution >= 4 is 0 Å². The zero-order valence-corrected chi connectivity index (χ0v) is 9.49. The summed E-state index contributed by atoms with van der Waals surface area (Å²) in [6.45, 7) is 10.0. The number of hydrogen-bond acceptors (Lipinski definition) is 3. The topological polar surface area (TPSA) is 56.7 Å². The Morgan fingerprint density at radius 1 is 1.29 bits per heavy atom. The van der Waals surface area contributed by atoms with Crippen LogP contribution in [0.4, 0.5) is 0 Å². The molecule has 80 valence electrons. The van der Waals surface area contributed by atoms with Gasteiger partial charge in [-0.05, 0) is 11.8 Å². The Morgan fingerprint density at radius 2 is 1.93 bits per heavy atom. The molecule has 0 aliphatic heterocycles. The third kappa shape index (κ3) is 2.32. The highest BCUT2D eigenvalue weighted by molar-refractivity contribution is 5.13. The third-order valence-electron chi connectivity index (χ3n) is 2.13. The summed E-state index contributed by atoms with van der Waals surface area (Å²) in [4.78, 5) is 0. The van der Waals surface area contributed by atoms with Gasteiger partial charge in [0.1, 0.15) is 0 Å². The first-order valence-corrected chi connectivity index (χ1v) is 5.18. The van der Waals surface area contributed by atoms with Crippen LogP contribution in [0.15, 0.2) is 0 Å². The fourth-order valence-corrected chi connectivity index (χ4v) is 1.61.